The highest BCUT2D eigenvalue weighted by Crippen LogP contribution is 2.44. The van der Waals surface area contributed by atoms with Crippen LogP contribution in [0.2, 0.25) is 0 Å². The highest BCUT2D eigenvalue weighted by molar-refractivity contribution is 9.09. The van der Waals surface area contributed by atoms with Gasteiger partial charge in [0.1, 0.15) is 0 Å². The van der Waals surface area contributed by atoms with Crippen LogP contribution in [0.1, 0.15) is 57.6 Å². The van der Waals surface area contributed by atoms with E-state index in [9.17, 15) is 0 Å². The second kappa shape index (κ2) is 7.17. The van der Waals surface area contributed by atoms with Crippen LogP contribution in [-0.4, -0.2) is 10.7 Å². The van der Waals surface area contributed by atoms with Crippen molar-refractivity contribution in [2.75, 3.05) is 10.7 Å². The Morgan fingerprint density at radius 1 is 0.952 bits per heavy atom. The third-order valence-corrected chi connectivity index (χ3v) is 7.36. The average Bonchev–Trinajstić information content (AvgIpc) is 2.99. The van der Waals surface area contributed by atoms with Crippen molar-refractivity contribution in [3.8, 4) is 0 Å². The van der Waals surface area contributed by atoms with E-state index >= 15 is 0 Å². The Kier molecular flexibility index (Phi) is 5.99. The van der Waals surface area contributed by atoms with Gasteiger partial charge in [0.05, 0.1) is 0 Å². The van der Waals surface area contributed by atoms with Crippen molar-refractivity contribution in [1.82, 2.24) is 0 Å². The fourth-order valence-corrected chi connectivity index (χ4v) is 5.80. The van der Waals surface area contributed by atoms with Gasteiger partial charge in [0.2, 0.25) is 0 Å². The molecule has 1 aromatic carbocycles. The SMILES string of the molecule is CC(C)(C)c1ccc(CC(CBr)(CBr)C2CCCC2)cc1. The molecule has 0 atom stereocenters. The molecule has 0 aromatic heterocycles. The molecule has 0 aliphatic heterocycles. The van der Waals surface area contributed by atoms with E-state index in [1.54, 1.807) is 0 Å². The second-order valence-corrected chi connectivity index (χ2v) is 8.86. The van der Waals surface area contributed by atoms with Crippen LogP contribution >= 0.6 is 31.9 Å². The Morgan fingerprint density at radius 2 is 1.48 bits per heavy atom. The molecule has 2 heteroatoms. The monoisotopic (exact) mass is 414 g/mol. The summed E-state index contributed by atoms with van der Waals surface area (Å²) in [6.07, 6.45) is 6.80. The first kappa shape index (κ1) is 17.5. The molecule has 2 rings (SSSR count). The number of alkyl halides is 2. The van der Waals surface area contributed by atoms with Gasteiger partial charge in [0.25, 0.3) is 0 Å². The zero-order valence-corrected chi connectivity index (χ0v) is 16.8. The molecular formula is C19H28Br2. The topological polar surface area (TPSA) is 0 Å². The second-order valence-electron chi connectivity index (χ2n) is 7.73. The van der Waals surface area contributed by atoms with Gasteiger partial charge in [-0.05, 0) is 47.1 Å². The molecule has 1 aromatic rings. The smallest absolute Gasteiger partial charge is 0.0102 e. The highest BCUT2D eigenvalue weighted by atomic mass is 79.9. The molecular weight excluding hydrogens is 388 g/mol. The van der Waals surface area contributed by atoms with E-state index in [4.69, 9.17) is 0 Å². The molecule has 1 fully saturated rings. The van der Waals surface area contributed by atoms with Gasteiger partial charge in [-0.15, -0.1) is 0 Å². The van der Waals surface area contributed by atoms with Gasteiger partial charge < -0.3 is 0 Å². The van der Waals surface area contributed by atoms with Crippen LogP contribution in [0.4, 0.5) is 0 Å². The predicted octanol–water partition coefficient (Wildman–Crippen LogP) is 6.49. The minimum absolute atomic E-state index is 0.242. The van der Waals surface area contributed by atoms with Crippen LogP contribution in [0.5, 0.6) is 0 Å². The first-order chi connectivity index (χ1) is 9.91. The molecule has 0 saturated heterocycles. The summed E-state index contributed by atoms with van der Waals surface area (Å²) in [6, 6.07) is 9.32. The number of halogens is 2. The number of rotatable bonds is 5. The maximum atomic E-state index is 3.82. The van der Waals surface area contributed by atoms with Crippen LogP contribution in [-0.2, 0) is 11.8 Å². The summed E-state index contributed by atoms with van der Waals surface area (Å²) >= 11 is 7.63. The molecule has 118 valence electrons. The lowest BCUT2D eigenvalue weighted by molar-refractivity contribution is 0.233. The van der Waals surface area contributed by atoms with Crippen LogP contribution in [0, 0.1) is 11.3 Å². The summed E-state index contributed by atoms with van der Waals surface area (Å²) in [5.41, 5.74) is 3.52. The molecule has 0 radical (unpaired) electrons. The average molecular weight is 416 g/mol. The predicted molar refractivity (Wildman–Crippen MR) is 101 cm³/mol. The van der Waals surface area contributed by atoms with Crippen molar-refractivity contribution in [2.24, 2.45) is 11.3 Å². The Morgan fingerprint density at radius 3 is 1.90 bits per heavy atom. The molecule has 0 heterocycles. The molecule has 0 bridgehead atoms. The normalized spacial score (nSPS) is 17.4. The minimum Gasteiger partial charge on any atom is -0.0921 e. The van der Waals surface area contributed by atoms with Crippen molar-refractivity contribution >= 4 is 31.9 Å². The lowest BCUT2D eigenvalue weighted by Gasteiger charge is -2.36. The summed E-state index contributed by atoms with van der Waals surface area (Å²) in [7, 11) is 0. The van der Waals surface area contributed by atoms with E-state index in [0.717, 1.165) is 16.6 Å². The lowest BCUT2D eigenvalue weighted by atomic mass is 9.73. The van der Waals surface area contributed by atoms with Crippen LogP contribution in [0.3, 0.4) is 0 Å². The molecule has 0 spiro atoms. The van der Waals surface area contributed by atoms with Crippen LogP contribution < -0.4 is 0 Å². The van der Waals surface area contributed by atoms with E-state index in [1.165, 1.54) is 43.2 Å². The minimum atomic E-state index is 0.242. The molecule has 1 aliphatic rings. The quantitative estimate of drug-likeness (QED) is 0.481. The lowest BCUT2D eigenvalue weighted by Crippen LogP contribution is -2.35. The van der Waals surface area contributed by atoms with Crippen molar-refractivity contribution in [1.29, 1.82) is 0 Å². The van der Waals surface area contributed by atoms with Crippen molar-refractivity contribution in [3.63, 3.8) is 0 Å². The Labute approximate surface area is 147 Å². The number of hydrogen-bond acceptors (Lipinski definition) is 0. The zero-order chi connectivity index (χ0) is 15.5. The maximum absolute atomic E-state index is 3.82. The summed E-state index contributed by atoms with van der Waals surface area (Å²) in [5.74, 6) is 0.860. The van der Waals surface area contributed by atoms with Gasteiger partial charge in [-0.25, -0.2) is 0 Å². The fourth-order valence-electron chi connectivity index (χ4n) is 3.56. The van der Waals surface area contributed by atoms with E-state index in [1.807, 2.05) is 0 Å². The van der Waals surface area contributed by atoms with Crippen LogP contribution in [0.15, 0.2) is 24.3 Å². The first-order valence-electron chi connectivity index (χ1n) is 8.13. The molecule has 0 unspecified atom stereocenters. The van der Waals surface area contributed by atoms with E-state index in [2.05, 4.69) is 76.9 Å². The van der Waals surface area contributed by atoms with Gasteiger partial charge in [0.15, 0.2) is 0 Å². The molecule has 0 nitrogen and oxygen atoms in total. The van der Waals surface area contributed by atoms with Gasteiger partial charge in [0, 0.05) is 10.7 Å². The molecule has 0 N–H and O–H groups in total. The van der Waals surface area contributed by atoms with Crippen molar-refractivity contribution < 1.29 is 0 Å². The van der Waals surface area contributed by atoms with Crippen LogP contribution in [0.25, 0.3) is 0 Å². The molecule has 1 saturated carbocycles. The van der Waals surface area contributed by atoms with Gasteiger partial charge in [-0.3, -0.25) is 0 Å². The zero-order valence-electron chi connectivity index (χ0n) is 13.6. The van der Waals surface area contributed by atoms with Gasteiger partial charge in [-0.1, -0.05) is 89.7 Å². The summed E-state index contributed by atoms with van der Waals surface area (Å²) in [4.78, 5) is 0. The highest BCUT2D eigenvalue weighted by Gasteiger charge is 2.38. The largest absolute Gasteiger partial charge is 0.0921 e. The third-order valence-electron chi connectivity index (χ3n) is 5.13. The third kappa shape index (κ3) is 4.13. The summed E-state index contributed by atoms with van der Waals surface area (Å²) in [6.45, 7) is 6.84. The Bertz CT molecular complexity index is 432. The van der Waals surface area contributed by atoms with Crippen molar-refractivity contribution in [2.45, 2.75) is 58.3 Å². The summed E-state index contributed by atoms with van der Waals surface area (Å²) < 4.78 is 0. The number of hydrogen-bond donors (Lipinski definition) is 0. The van der Waals surface area contributed by atoms with E-state index < -0.39 is 0 Å². The maximum Gasteiger partial charge on any atom is 0.0102 e. The molecule has 1 aliphatic carbocycles. The fraction of sp³-hybridized carbons (Fsp3) is 0.684. The van der Waals surface area contributed by atoms with Gasteiger partial charge in [-0.2, -0.15) is 0 Å². The van der Waals surface area contributed by atoms with Crippen molar-refractivity contribution in [3.05, 3.63) is 35.4 Å². The first-order valence-corrected chi connectivity index (χ1v) is 10.4. The van der Waals surface area contributed by atoms with Gasteiger partial charge >= 0.3 is 0 Å². The summed E-state index contributed by atoms with van der Waals surface area (Å²) in [5, 5.41) is 2.19. The van der Waals surface area contributed by atoms with E-state index in [0.29, 0.717) is 5.41 Å². The van der Waals surface area contributed by atoms with E-state index in [-0.39, 0.29) is 5.41 Å². The molecule has 0 amide bonds. The number of benzene rings is 1. The molecule has 21 heavy (non-hydrogen) atoms. The Hall–Kier alpha value is 0.180. The standard InChI is InChI=1S/C19H28Br2/c1-18(2,3)16-10-8-15(9-11-16)12-19(13-20,14-21)17-6-4-5-7-17/h8-11,17H,4-7,12-14H2,1-3H3. The Balaban J connectivity index is 2.17.